The van der Waals surface area contributed by atoms with Gasteiger partial charge in [-0.15, -0.1) is 0 Å². The summed E-state index contributed by atoms with van der Waals surface area (Å²) < 4.78 is 5.13. The minimum absolute atomic E-state index is 0.00342. The fourth-order valence-corrected chi connectivity index (χ4v) is 2.29. The van der Waals surface area contributed by atoms with Crippen LogP contribution in [-0.2, 0) is 9.53 Å². The number of hydrogen-bond acceptors (Lipinski definition) is 3. The first-order chi connectivity index (χ1) is 8.58. The Morgan fingerprint density at radius 2 is 2.06 bits per heavy atom. The molecule has 102 valence electrons. The van der Waals surface area contributed by atoms with Gasteiger partial charge in [-0.2, -0.15) is 0 Å². The second kappa shape index (κ2) is 5.56. The predicted molar refractivity (Wildman–Crippen MR) is 64.3 cm³/mol. The Morgan fingerprint density at radius 1 is 1.39 bits per heavy atom. The van der Waals surface area contributed by atoms with Gasteiger partial charge < -0.3 is 20.5 Å². The van der Waals surface area contributed by atoms with Gasteiger partial charge in [-0.3, -0.25) is 4.79 Å². The smallest absolute Gasteiger partial charge is 0.315 e. The van der Waals surface area contributed by atoms with Crippen molar-refractivity contribution in [1.29, 1.82) is 0 Å². The molecule has 2 rings (SSSR count). The molecule has 18 heavy (non-hydrogen) atoms. The zero-order valence-corrected chi connectivity index (χ0v) is 10.5. The van der Waals surface area contributed by atoms with Crippen LogP contribution in [0.1, 0.15) is 32.1 Å². The molecule has 2 aliphatic rings. The largest absolute Gasteiger partial charge is 0.481 e. The van der Waals surface area contributed by atoms with Crippen LogP contribution in [0.5, 0.6) is 0 Å². The number of amides is 2. The summed E-state index contributed by atoms with van der Waals surface area (Å²) in [4.78, 5) is 22.4. The van der Waals surface area contributed by atoms with Crippen molar-refractivity contribution in [3.05, 3.63) is 0 Å². The zero-order valence-electron chi connectivity index (χ0n) is 10.5. The molecule has 1 unspecified atom stereocenters. The van der Waals surface area contributed by atoms with Gasteiger partial charge in [0.15, 0.2) is 0 Å². The molecule has 0 spiro atoms. The van der Waals surface area contributed by atoms with Crippen molar-refractivity contribution in [2.45, 2.75) is 50.3 Å². The van der Waals surface area contributed by atoms with Gasteiger partial charge >= 0.3 is 12.0 Å². The lowest BCUT2D eigenvalue weighted by atomic mass is 9.89. The highest BCUT2D eigenvalue weighted by Gasteiger charge is 2.35. The number of ether oxygens (including phenoxy) is 1. The molecule has 2 saturated carbocycles. The first-order valence-corrected chi connectivity index (χ1v) is 6.40. The third kappa shape index (κ3) is 3.60. The van der Waals surface area contributed by atoms with Crippen LogP contribution in [0, 0.1) is 5.92 Å². The maximum Gasteiger partial charge on any atom is 0.315 e. The Balaban J connectivity index is 1.70. The summed E-state index contributed by atoms with van der Waals surface area (Å²) in [5, 5.41) is 14.4. The fourth-order valence-electron chi connectivity index (χ4n) is 2.29. The summed E-state index contributed by atoms with van der Waals surface area (Å²) in [6, 6.07) is -0.340. The number of carbonyl (C=O) groups is 2. The van der Waals surface area contributed by atoms with Gasteiger partial charge in [0.1, 0.15) is 0 Å². The summed E-state index contributed by atoms with van der Waals surface area (Å²) in [6.07, 6.45) is 3.92. The molecule has 0 saturated heterocycles. The van der Waals surface area contributed by atoms with E-state index in [0.29, 0.717) is 5.92 Å². The van der Waals surface area contributed by atoms with Gasteiger partial charge in [0, 0.05) is 19.2 Å². The van der Waals surface area contributed by atoms with Gasteiger partial charge in [0.05, 0.1) is 12.5 Å². The fraction of sp³-hybridized carbons (Fsp3) is 0.833. The van der Waals surface area contributed by atoms with Gasteiger partial charge in [-0.25, -0.2) is 4.79 Å². The van der Waals surface area contributed by atoms with Crippen LogP contribution in [-0.4, -0.2) is 42.4 Å². The highest BCUT2D eigenvalue weighted by Crippen LogP contribution is 2.34. The second-order valence-corrected chi connectivity index (χ2v) is 5.19. The zero-order chi connectivity index (χ0) is 13.1. The van der Waals surface area contributed by atoms with Crippen molar-refractivity contribution in [1.82, 2.24) is 10.6 Å². The van der Waals surface area contributed by atoms with Gasteiger partial charge in [-0.05, 0) is 31.6 Å². The number of aliphatic carboxylic acids is 1. The Bertz CT molecular complexity index is 324. The quantitative estimate of drug-likeness (QED) is 0.653. The standard InChI is InChI=1S/C12H20N2O4/c1-18-9-4-8(5-9)13-12(17)14-10(6-11(15)16)7-2-3-7/h7-10H,2-6H2,1H3,(H,15,16)(H2,13,14,17). The molecular formula is C12H20N2O4. The van der Waals surface area contributed by atoms with Crippen molar-refractivity contribution < 1.29 is 19.4 Å². The molecule has 0 aliphatic heterocycles. The lowest BCUT2D eigenvalue weighted by molar-refractivity contribution is -0.137. The molecule has 0 aromatic rings. The minimum Gasteiger partial charge on any atom is -0.481 e. The topological polar surface area (TPSA) is 87.7 Å². The highest BCUT2D eigenvalue weighted by molar-refractivity contribution is 5.76. The van der Waals surface area contributed by atoms with Crippen LogP contribution in [0.25, 0.3) is 0 Å². The first kappa shape index (κ1) is 13.1. The molecule has 2 aliphatic carbocycles. The Morgan fingerprint density at radius 3 is 2.56 bits per heavy atom. The third-order valence-corrected chi connectivity index (χ3v) is 3.67. The van der Waals surface area contributed by atoms with E-state index < -0.39 is 5.97 Å². The van der Waals surface area contributed by atoms with Crippen molar-refractivity contribution >= 4 is 12.0 Å². The SMILES string of the molecule is COC1CC(NC(=O)NC(CC(=O)O)C2CC2)C1. The molecule has 2 amide bonds. The van der Waals surface area contributed by atoms with Gasteiger partial charge in [0.2, 0.25) is 0 Å². The number of methoxy groups -OCH3 is 1. The third-order valence-electron chi connectivity index (χ3n) is 3.67. The summed E-state index contributed by atoms with van der Waals surface area (Å²) in [7, 11) is 1.66. The predicted octanol–water partition coefficient (Wildman–Crippen LogP) is 0.716. The van der Waals surface area contributed by atoms with Crippen molar-refractivity contribution in [2.24, 2.45) is 5.92 Å². The van der Waals surface area contributed by atoms with E-state index in [2.05, 4.69) is 10.6 Å². The molecule has 0 heterocycles. The van der Waals surface area contributed by atoms with Crippen LogP contribution in [0.4, 0.5) is 4.79 Å². The number of hydrogen-bond donors (Lipinski definition) is 3. The lowest BCUT2D eigenvalue weighted by Gasteiger charge is -2.34. The van der Waals surface area contributed by atoms with E-state index >= 15 is 0 Å². The van der Waals surface area contributed by atoms with Crippen LogP contribution in [0.2, 0.25) is 0 Å². The maximum atomic E-state index is 11.7. The molecule has 6 nitrogen and oxygen atoms in total. The van der Waals surface area contributed by atoms with Crippen LogP contribution >= 0.6 is 0 Å². The molecule has 2 fully saturated rings. The molecule has 0 bridgehead atoms. The average Bonchev–Trinajstić information content (AvgIpc) is 3.04. The average molecular weight is 256 g/mol. The molecule has 3 N–H and O–H groups in total. The van der Waals surface area contributed by atoms with E-state index in [1.54, 1.807) is 7.11 Å². The van der Waals surface area contributed by atoms with Crippen molar-refractivity contribution in [3.8, 4) is 0 Å². The second-order valence-electron chi connectivity index (χ2n) is 5.19. The van der Waals surface area contributed by atoms with E-state index in [1.165, 1.54) is 0 Å². The van der Waals surface area contributed by atoms with E-state index in [1.807, 2.05) is 0 Å². The summed E-state index contributed by atoms with van der Waals surface area (Å²) in [5.41, 5.74) is 0. The maximum absolute atomic E-state index is 11.7. The molecule has 1 atom stereocenters. The summed E-state index contributed by atoms with van der Waals surface area (Å²) >= 11 is 0. The first-order valence-electron chi connectivity index (χ1n) is 6.40. The number of carboxylic acid groups (broad SMARTS) is 1. The monoisotopic (exact) mass is 256 g/mol. The van der Waals surface area contributed by atoms with E-state index in [-0.39, 0.29) is 30.6 Å². The molecule has 6 heteroatoms. The Kier molecular flexibility index (Phi) is 4.06. The van der Waals surface area contributed by atoms with Crippen molar-refractivity contribution in [3.63, 3.8) is 0 Å². The Hall–Kier alpha value is -1.30. The van der Waals surface area contributed by atoms with E-state index in [9.17, 15) is 9.59 Å². The van der Waals surface area contributed by atoms with Gasteiger partial charge in [0.25, 0.3) is 0 Å². The van der Waals surface area contributed by atoms with Crippen LogP contribution in [0.15, 0.2) is 0 Å². The lowest BCUT2D eigenvalue weighted by Crippen LogP contribution is -2.53. The number of nitrogens with one attached hydrogen (secondary N) is 2. The Labute approximate surface area is 106 Å². The number of rotatable bonds is 6. The number of carboxylic acids is 1. The van der Waals surface area contributed by atoms with Crippen LogP contribution < -0.4 is 10.6 Å². The molecule has 0 aromatic carbocycles. The van der Waals surface area contributed by atoms with Gasteiger partial charge in [-0.1, -0.05) is 0 Å². The molecular weight excluding hydrogens is 236 g/mol. The molecule has 0 radical (unpaired) electrons. The highest BCUT2D eigenvalue weighted by atomic mass is 16.5. The minimum atomic E-state index is -0.865. The summed E-state index contributed by atoms with van der Waals surface area (Å²) in [6.45, 7) is 0. The van der Waals surface area contributed by atoms with E-state index in [0.717, 1.165) is 25.7 Å². The van der Waals surface area contributed by atoms with E-state index in [4.69, 9.17) is 9.84 Å². The summed E-state index contributed by atoms with van der Waals surface area (Å²) in [5.74, 6) is -0.532. The number of carbonyl (C=O) groups excluding carboxylic acids is 1. The number of urea groups is 1. The normalized spacial score (nSPS) is 28.1. The van der Waals surface area contributed by atoms with Crippen molar-refractivity contribution in [2.75, 3.05) is 7.11 Å². The van der Waals surface area contributed by atoms with Crippen LogP contribution in [0.3, 0.4) is 0 Å². The molecule has 0 aromatic heterocycles.